The number of fused-ring (bicyclic) bond motifs is 1. The quantitative estimate of drug-likeness (QED) is 0.645. The molecule has 7 heteroatoms. The fourth-order valence-corrected chi connectivity index (χ4v) is 1.55. The van der Waals surface area contributed by atoms with Crippen LogP contribution in [0.1, 0.15) is 6.42 Å². The van der Waals surface area contributed by atoms with Gasteiger partial charge >= 0.3 is 18.0 Å². The summed E-state index contributed by atoms with van der Waals surface area (Å²) >= 11 is 0. The third-order valence-electron chi connectivity index (χ3n) is 2.27. The minimum atomic E-state index is -1.26. The van der Waals surface area contributed by atoms with Crippen LogP contribution in [0.15, 0.2) is 36.5 Å². The number of primary amides is 1. The van der Waals surface area contributed by atoms with Crippen LogP contribution in [0.2, 0.25) is 0 Å². The van der Waals surface area contributed by atoms with E-state index in [1.54, 1.807) is 24.4 Å². The van der Waals surface area contributed by atoms with E-state index in [1.165, 1.54) is 4.73 Å². The summed E-state index contributed by atoms with van der Waals surface area (Å²) in [5.74, 6) is -1.92. The highest BCUT2D eigenvalue weighted by Gasteiger charge is 2.16. The van der Waals surface area contributed by atoms with Gasteiger partial charge in [0.05, 0.1) is 5.52 Å². The third kappa shape index (κ3) is 3.09. The number of ether oxygens (including phenoxy) is 1. The highest BCUT2D eigenvalue weighted by Crippen LogP contribution is 2.13. The van der Waals surface area contributed by atoms with Crippen molar-refractivity contribution in [1.82, 2.24) is 4.73 Å². The molecule has 0 spiro atoms. The lowest BCUT2D eigenvalue weighted by Gasteiger charge is -2.05. The molecular weight excluding hydrogens is 252 g/mol. The van der Waals surface area contributed by atoms with Crippen molar-refractivity contribution < 1.29 is 24.0 Å². The maximum absolute atomic E-state index is 11.5. The molecule has 0 aliphatic rings. The highest BCUT2D eigenvalue weighted by atomic mass is 16.7. The number of benzene rings is 1. The lowest BCUT2D eigenvalue weighted by atomic mass is 10.3. The number of amides is 1. The average molecular weight is 262 g/mol. The van der Waals surface area contributed by atoms with Crippen LogP contribution < -0.4 is 10.6 Å². The van der Waals surface area contributed by atoms with Crippen LogP contribution >= 0.6 is 0 Å². The molecule has 2 aromatic rings. The van der Waals surface area contributed by atoms with Crippen LogP contribution in [0.5, 0.6) is 0 Å². The Morgan fingerprint density at radius 3 is 2.58 bits per heavy atom. The van der Waals surface area contributed by atoms with Gasteiger partial charge in [-0.2, -0.15) is 4.73 Å². The number of hydrogen-bond acceptors (Lipinski definition) is 5. The second kappa shape index (κ2) is 5.21. The lowest BCUT2D eigenvalue weighted by Crippen LogP contribution is -2.25. The Morgan fingerprint density at radius 1 is 1.11 bits per heavy atom. The van der Waals surface area contributed by atoms with Crippen molar-refractivity contribution in [3.8, 4) is 0 Å². The first-order valence-corrected chi connectivity index (χ1v) is 5.33. The summed E-state index contributed by atoms with van der Waals surface area (Å²) in [6, 6.07) is 8.99. The molecule has 1 amide bonds. The first kappa shape index (κ1) is 12.6. The van der Waals surface area contributed by atoms with Gasteiger partial charge in [0.1, 0.15) is 6.42 Å². The Labute approximate surface area is 107 Å². The minimum absolute atomic E-state index is 0.680. The van der Waals surface area contributed by atoms with Crippen LogP contribution in [-0.4, -0.2) is 22.8 Å². The number of rotatable bonds is 3. The van der Waals surface area contributed by atoms with Gasteiger partial charge in [-0.1, -0.05) is 18.2 Å². The van der Waals surface area contributed by atoms with E-state index in [1.807, 2.05) is 12.1 Å². The maximum Gasteiger partial charge on any atom is 0.412 e. The predicted octanol–water partition coefficient (Wildman–Crippen LogP) is 0.608. The number of nitrogens with zero attached hydrogens (tertiary/aromatic N) is 1. The molecule has 2 N–H and O–H groups in total. The second-order valence-corrected chi connectivity index (χ2v) is 3.63. The Bertz CT molecular complexity index is 646. The van der Waals surface area contributed by atoms with Gasteiger partial charge in [0, 0.05) is 11.6 Å². The normalized spacial score (nSPS) is 10.1. The summed E-state index contributed by atoms with van der Waals surface area (Å²) in [6.45, 7) is 0. The van der Waals surface area contributed by atoms with Crippen molar-refractivity contribution in [2.24, 2.45) is 5.73 Å². The molecule has 0 radical (unpaired) electrons. The first-order valence-electron chi connectivity index (χ1n) is 5.33. The molecule has 1 aromatic heterocycles. The monoisotopic (exact) mass is 262 g/mol. The van der Waals surface area contributed by atoms with Crippen LogP contribution in [0.4, 0.5) is 4.79 Å². The van der Waals surface area contributed by atoms with Gasteiger partial charge in [-0.15, -0.1) is 0 Å². The van der Waals surface area contributed by atoms with Gasteiger partial charge in [-0.05, 0) is 12.1 Å². The van der Waals surface area contributed by atoms with Crippen LogP contribution in [0, 0.1) is 0 Å². The van der Waals surface area contributed by atoms with E-state index in [4.69, 9.17) is 4.84 Å². The molecule has 1 aromatic carbocycles. The fraction of sp³-hybridized carbons (Fsp3) is 0.0833. The van der Waals surface area contributed by atoms with E-state index in [0.717, 1.165) is 5.39 Å². The van der Waals surface area contributed by atoms with Gasteiger partial charge in [0.2, 0.25) is 0 Å². The molecule has 19 heavy (non-hydrogen) atoms. The molecule has 0 aliphatic heterocycles. The Morgan fingerprint density at radius 2 is 1.84 bits per heavy atom. The molecule has 0 saturated carbocycles. The summed E-state index contributed by atoms with van der Waals surface area (Å²) in [6.07, 6.45) is -0.415. The third-order valence-corrected chi connectivity index (χ3v) is 2.27. The van der Waals surface area contributed by atoms with Crippen LogP contribution in [0.25, 0.3) is 10.9 Å². The summed E-state index contributed by atoms with van der Waals surface area (Å²) in [4.78, 5) is 37.7. The maximum atomic E-state index is 11.5. The molecule has 0 saturated heterocycles. The van der Waals surface area contributed by atoms with Crippen molar-refractivity contribution >= 4 is 28.9 Å². The first-order chi connectivity index (χ1) is 9.06. The van der Waals surface area contributed by atoms with E-state index in [2.05, 4.69) is 10.5 Å². The van der Waals surface area contributed by atoms with Gasteiger partial charge in [0.25, 0.3) is 0 Å². The Kier molecular flexibility index (Phi) is 3.46. The molecule has 7 nitrogen and oxygen atoms in total. The van der Waals surface area contributed by atoms with Crippen molar-refractivity contribution in [1.29, 1.82) is 0 Å². The number of aromatic nitrogens is 1. The van der Waals surface area contributed by atoms with Gasteiger partial charge in [0.15, 0.2) is 0 Å². The number of carbonyl (C=O) groups is 3. The number of carbonyl (C=O) groups excluding carboxylic acids is 3. The minimum Gasteiger partial charge on any atom is -0.376 e. The molecular formula is C12H10N2O5. The Balaban J connectivity index is 2.03. The predicted molar refractivity (Wildman–Crippen MR) is 63.8 cm³/mol. The number of para-hydroxylation sites is 1. The van der Waals surface area contributed by atoms with E-state index in [0.29, 0.717) is 5.52 Å². The number of hydrogen-bond donors (Lipinski definition) is 1. The zero-order valence-electron chi connectivity index (χ0n) is 9.74. The number of nitrogens with two attached hydrogens (primary N) is 1. The fourth-order valence-electron chi connectivity index (χ4n) is 1.55. The second-order valence-electron chi connectivity index (χ2n) is 3.63. The summed E-state index contributed by atoms with van der Waals surface area (Å²) < 4.78 is 5.25. The van der Waals surface area contributed by atoms with E-state index in [9.17, 15) is 14.4 Å². The van der Waals surface area contributed by atoms with Crippen molar-refractivity contribution in [3.63, 3.8) is 0 Å². The number of esters is 1. The summed E-state index contributed by atoms with van der Waals surface area (Å²) in [5, 5.41) is 0.884. The van der Waals surface area contributed by atoms with Gasteiger partial charge < -0.3 is 15.3 Å². The van der Waals surface area contributed by atoms with E-state index in [-0.39, 0.29) is 0 Å². The Hall–Kier alpha value is -2.83. The van der Waals surface area contributed by atoms with Crippen LogP contribution in [-0.2, 0) is 14.3 Å². The molecule has 0 aliphatic carbocycles. The molecule has 0 unspecified atom stereocenters. The lowest BCUT2D eigenvalue weighted by molar-refractivity contribution is -0.151. The standard InChI is InChI=1S/C12H10N2O5/c13-12(17)18-10(15)7-11(16)19-14-6-5-8-3-1-2-4-9(8)14/h1-6H,7H2,(H2,13,17). The molecule has 0 bridgehead atoms. The zero-order valence-corrected chi connectivity index (χ0v) is 9.74. The smallest absolute Gasteiger partial charge is 0.376 e. The summed E-state index contributed by atoms with van der Waals surface area (Å²) in [5.41, 5.74) is 5.32. The SMILES string of the molecule is NC(=O)OC(=O)CC(=O)On1ccc2ccccc21. The van der Waals surface area contributed by atoms with E-state index >= 15 is 0 Å². The van der Waals surface area contributed by atoms with Gasteiger partial charge in [-0.25, -0.2) is 9.59 Å². The average Bonchev–Trinajstić information content (AvgIpc) is 2.71. The molecule has 1 heterocycles. The van der Waals surface area contributed by atoms with Crippen molar-refractivity contribution in [2.45, 2.75) is 6.42 Å². The van der Waals surface area contributed by atoms with Gasteiger partial charge in [-0.3, -0.25) is 4.79 Å². The molecule has 0 atom stereocenters. The molecule has 98 valence electrons. The zero-order chi connectivity index (χ0) is 13.8. The van der Waals surface area contributed by atoms with Crippen LogP contribution in [0.3, 0.4) is 0 Å². The molecule has 0 fully saturated rings. The molecule has 2 rings (SSSR count). The highest BCUT2D eigenvalue weighted by molar-refractivity contribution is 5.95. The van der Waals surface area contributed by atoms with Crippen molar-refractivity contribution in [2.75, 3.05) is 0 Å². The van der Waals surface area contributed by atoms with E-state index < -0.39 is 24.5 Å². The summed E-state index contributed by atoms with van der Waals surface area (Å²) in [7, 11) is 0. The topological polar surface area (TPSA) is 101 Å². The largest absolute Gasteiger partial charge is 0.412 e. The van der Waals surface area contributed by atoms with Crippen molar-refractivity contribution in [3.05, 3.63) is 36.5 Å².